The molecule has 1 unspecified atom stereocenters. The molecule has 1 fully saturated rings. The third kappa shape index (κ3) is 3.00. The summed E-state index contributed by atoms with van der Waals surface area (Å²) < 4.78 is 13.9. The van der Waals surface area contributed by atoms with Gasteiger partial charge in [-0.25, -0.2) is 4.39 Å². The second-order valence-corrected chi connectivity index (χ2v) is 6.09. The Hall–Kier alpha value is -1.87. The molecule has 4 heteroatoms. The topological polar surface area (TPSA) is 20.3 Å². The molecule has 2 nitrogen and oxygen atoms in total. The van der Waals surface area contributed by atoms with E-state index in [-0.39, 0.29) is 23.6 Å². The van der Waals surface area contributed by atoms with Crippen LogP contribution in [0.25, 0.3) is 0 Å². The molecule has 1 atom stereocenters. The van der Waals surface area contributed by atoms with E-state index in [2.05, 4.69) is 0 Å². The highest BCUT2D eigenvalue weighted by atomic mass is 35.5. The molecule has 0 aromatic heterocycles. The van der Waals surface area contributed by atoms with Crippen molar-refractivity contribution in [3.05, 3.63) is 70.5 Å². The zero-order valence-corrected chi connectivity index (χ0v) is 13.1. The number of carbonyl (C=O) groups excluding carboxylic acids is 1. The standard InChI is InChI=1S/C18H17ClFNO/c1-12(13-6-8-14(19)9-7-13)21(15-10-11-15)18(22)16-4-2-3-5-17(16)20/h2-9,12,15H,10-11H2,1H3. The summed E-state index contributed by atoms with van der Waals surface area (Å²) >= 11 is 5.92. The Morgan fingerprint density at radius 3 is 2.41 bits per heavy atom. The molecule has 0 radical (unpaired) electrons. The Bertz CT molecular complexity index is 682. The molecule has 3 rings (SSSR count). The van der Waals surface area contributed by atoms with Gasteiger partial charge in [-0.2, -0.15) is 0 Å². The Balaban J connectivity index is 1.91. The summed E-state index contributed by atoms with van der Waals surface area (Å²) in [6.07, 6.45) is 1.94. The van der Waals surface area contributed by atoms with E-state index in [1.165, 1.54) is 6.07 Å². The summed E-state index contributed by atoms with van der Waals surface area (Å²) in [7, 11) is 0. The fourth-order valence-electron chi connectivity index (χ4n) is 2.69. The van der Waals surface area contributed by atoms with Crippen LogP contribution < -0.4 is 0 Å². The van der Waals surface area contributed by atoms with Crippen molar-refractivity contribution in [2.75, 3.05) is 0 Å². The maximum absolute atomic E-state index is 13.9. The molecule has 0 spiro atoms. The molecule has 2 aromatic rings. The number of hydrogen-bond donors (Lipinski definition) is 0. The van der Waals surface area contributed by atoms with Crippen LogP contribution in [-0.2, 0) is 0 Å². The van der Waals surface area contributed by atoms with E-state index in [0.29, 0.717) is 5.02 Å². The molecule has 114 valence electrons. The average Bonchev–Trinajstić information content (AvgIpc) is 3.33. The molecule has 0 aliphatic heterocycles. The van der Waals surface area contributed by atoms with Gasteiger partial charge >= 0.3 is 0 Å². The maximum atomic E-state index is 13.9. The average molecular weight is 318 g/mol. The molecule has 0 saturated heterocycles. The van der Waals surface area contributed by atoms with Crippen molar-refractivity contribution in [1.82, 2.24) is 4.90 Å². The zero-order chi connectivity index (χ0) is 15.7. The van der Waals surface area contributed by atoms with Gasteiger partial charge in [-0.1, -0.05) is 35.9 Å². The summed E-state index contributed by atoms with van der Waals surface area (Å²) in [5.41, 5.74) is 1.14. The van der Waals surface area contributed by atoms with Gasteiger partial charge in [0, 0.05) is 11.1 Å². The number of halogens is 2. The summed E-state index contributed by atoms with van der Waals surface area (Å²) in [5, 5.41) is 0.661. The molecular weight excluding hydrogens is 301 g/mol. The Morgan fingerprint density at radius 2 is 1.82 bits per heavy atom. The Morgan fingerprint density at radius 1 is 1.18 bits per heavy atom. The van der Waals surface area contributed by atoms with Crippen LogP contribution in [0.15, 0.2) is 48.5 Å². The van der Waals surface area contributed by atoms with Crippen LogP contribution in [0.4, 0.5) is 4.39 Å². The first kappa shape index (κ1) is 15.0. The van der Waals surface area contributed by atoms with Gasteiger partial charge in [0.2, 0.25) is 0 Å². The highest BCUT2D eigenvalue weighted by Crippen LogP contribution is 2.36. The van der Waals surface area contributed by atoms with Crippen molar-refractivity contribution in [3.8, 4) is 0 Å². The number of benzene rings is 2. The first-order chi connectivity index (χ1) is 10.6. The maximum Gasteiger partial charge on any atom is 0.257 e. The van der Waals surface area contributed by atoms with Crippen LogP contribution in [0.5, 0.6) is 0 Å². The lowest BCUT2D eigenvalue weighted by Gasteiger charge is -2.30. The van der Waals surface area contributed by atoms with E-state index in [0.717, 1.165) is 18.4 Å². The molecule has 1 aliphatic rings. The number of amides is 1. The van der Waals surface area contributed by atoms with Crippen LogP contribution in [-0.4, -0.2) is 16.8 Å². The molecule has 22 heavy (non-hydrogen) atoms. The second-order valence-electron chi connectivity index (χ2n) is 5.65. The van der Waals surface area contributed by atoms with Crippen molar-refractivity contribution < 1.29 is 9.18 Å². The van der Waals surface area contributed by atoms with Gasteiger partial charge in [0.05, 0.1) is 11.6 Å². The largest absolute Gasteiger partial charge is 0.329 e. The van der Waals surface area contributed by atoms with E-state index >= 15 is 0 Å². The van der Waals surface area contributed by atoms with Crippen LogP contribution in [0.2, 0.25) is 5.02 Å². The molecule has 0 N–H and O–H groups in total. The summed E-state index contributed by atoms with van der Waals surface area (Å²) in [6.45, 7) is 1.97. The molecule has 0 bridgehead atoms. The minimum atomic E-state index is -0.471. The van der Waals surface area contributed by atoms with Crippen molar-refractivity contribution in [2.45, 2.75) is 31.8 Å². The number of nitrogens with zero attached hydrogens (tertiary/aromatic N) is 1. The fraction of sp³-hybridized carbons (Fsp3) is 0.278. The molecule has 1 saturated carbocycles. The first-order valence-corrected chi connectivity index (χ1v) is 7.78. The predicted octanol–water partition coefficient (Wildman–Crippen LogP) is 4.84. The lowest BCUT2D eigenvalue weighted by molar-refractivity contribution is 0.0669. The van der Waals surface area contributed by atoms with Gasteiger partial charge in [-0.05, 0) is 49.6 Å². The number of rotatable bonds is 4. The summed E-state index contributed by atoms with van der Waals surface area (Å²) in [4.78, 5) is 14.6. The second kappa shape index (κ2) is 6.09. The SMILES string of the molecule is CC(c1ccc(Cl)cc1)N(C(=O)c1ccccc1F)C1CC1. The molecule has 1 amide bonds. The van der Waals surface area contributed by atoms with Gasteiger partial charge in [0.1, 0.15) is 5.82 Å². The van der Waals surface area contributed by atoms with Gasteiger partial charge in [0.25, 0.3) is 5.91 Å². The van der Waals surface area contributed by atoms with E-state index in [1.807, 2.05) is 31.2 Å². The van der Waals surface area contributed by atoms with Crippen LogP contribution >= 0.6 is 11.6 Å². The quantitative estimate of drug-likeness (QED) is 0.789. The summed E-state index contributed by atoms with van der Waals surface area (Å²) in [6, 6.07) is 13.7. The molecular formula is C18H17ClFNO. The van der Waals surface area contributed by atoms with E-state index < -0.39 is 5.82 Å². The van der Waals surface area contributed by atoms with Gasteiger partial charge in [0.15, 0.2) is 0 Å². The lowest BCUT2D eigenvalue weighted by atomic mass is 10.0. The highest BCUT2D eigenvalue weighted by Gasteiger charge is 2.37. The van der Waals surface area contributed by atoms with E-state index in [4.69, 9.17) is 11.6 Å². The molecule has 0 heterocycles. The minimum absolute atomic E-state index is 0.114. The third-order valence-corrected chi connectivity index (χ3v) is 4.30. The normalized spacial score (nSPS) is 15.4. The Kier molecular flexibility index (Phi) is 4.16. The van der Waals surface area contributed by atoms with E-state index in [1.54, 1.807) is 23.1 Å². The van der Waals surface area contributed by atoms with Crippen molar-refractivity contribution >= 4 is 17.5 Å². The first-order valence-electron chi connectivity index (χ1n) is 7.40. The lowest BCUT2D eigenvalue weighted by Crippen LogP contribution is -2.36. The monoisotopic (exact) mass is 317 g/mol. The third-order valence-electron chi connectivity index (χ3n) is 4.05. The van der Waals surface area contributed by atoms with Crippen molar-refractivity contribution in [1.29, 1.82) is 0 Å². The van der Waals surface area contributed by atoms with Crippen LogP contribution in [0.3, 0.4) is 0 Å². The zero-order valence-electron chi connectivity index (χ0n) is 12.3. The van der Waals surface area contributed by atoms with Crippen LogP contribution in [0.1, 0.15) is 41.7 Å². The van der Waals surface area contributed by atoms with Crippen LogP contribution in [0, 0.1) is 5.82 Å². The van der Waals surface area contributed by atoms with Crippen molar-refractivity contribution in [3.63, 3.8) is 0 Å². The van der Waals surface area contributed by atoms with E-state index in [9.17, 15) is 9.18 Å². The summed E-state index contributed by atoms with van der Waals surface area (Å²) in [5.74, 6) is -0.718. The van der Waals surface area contributed by atoms with Crippen molar-refractivity contribution in [2.24, 2.45) is 0 Å². The highest BCUT2D eigenvalue weighted by molar-refractivity contribution is 6.30. The van der Waals surface area contributed by atoms with Gasteiger partial charge in [-0.3, -0.25) is 4.79 Å². The Labute approximate surface area is 134 Å². The minimum Gasteiger partial charge on any atom is -0.329 e. The molecule has 2 aromatic carbocycles. The predicted molar refractivity (Wildman–Crippen MR) is 85.5 cm³/mol. The molecule has 1 aliphatic carbocycles. The van der Waals surface area contributed by atoms with Gasteiger partial charge < -0.3 is 4.90 Å². The number of carbonyl (C=O) groups is 1. The van der Waals surface area contributed by atoms with Gasteiger partial charge in [-0.15, -0.1) is 0 Å². The smallest absolute Gasteiger partial charge is 0.257 e. The fourth-order valence-corrected chi connectivity index (χ4v) is 2.81. The number of hydrogen-bond acceptors (Lipinski definition) is 1.